The molecule has 0 unspecified atom stereocenters. The third kappa shape index (κ3) is 4.11. The quantitative estimate of drug-likeness (QED) is 0.759. The number of hydrogen-bond donors (Lipinski definition) is 2. The summed E-state index contributed by atoms with van der Waals surface area (Å²) < 4.78 is 14.5. The van der Waals surface area contributed by atoms with Gasteiger partial charge in [-0.25, -0.2) is 18.8 Å². The second kappa shape index (κ2) is 8.51. The third-order valence-corrected chi connectivity index (χ3v) is 4.93. The molecule has 0 spiro atoms. The van der Waals surface area contributed by atoms with Crippen LogP contribution >= 0.6 is 0 Å². The minimum absolute atomic E-state index is 0.0160. The van der Waals surface area contributed by atoms with Gasteiger partial charge in [0.15, 0.2) is 0 Å². The van der Waals surface area contributed by atoms with Crippen LogP contribution in [-0.4, -0.2) is 42.9 Å². The van der Waals surface area contributed by atoms with Crippen molar-refractivity contribution in [2.75, 3.05) is 18.0 Å². The number of halogens is 1. The van der Waals surface area contributed by atoms with E-state index in [1.165, 1.54) is 12.1 Å². The van der Waals surface area contributed by atoms with Gasteiger partial charge >= 0.3 is 0 Å². The average Bonchev–Trinajstić information content (AvgIpc) is 2.73. The predicted octanol–water partition coefficient (Wildman–Crippen LogP) is 1.10. The fraction of sp³-hybridized carbons (Fsp3) is 0.350. The highest BCUT2D eigenvalue weighted by molar-refractivity contribution is 5.95. The molecule has 1 atom stereocenters. The number of allylic oxidation sites excluding steroid dienone is 1. The summed E-state index contributed by atoms with van der Waals surface area (Å²) in [7, 11) is 0. The van der Waals surface area contributed by atoms with Gasteiger partial charge in [-0.1, -0.05) is 0 Å². The van der Waals surface area contributed by atoms with Crippen molar-refractivity contribution >= 4 is 29.4 Å². The molecular formula is C20H18FN3O4. The van der Waals surface area contributed by atoms with Crippen LogP contribution in [0.2, 0.25) is 0 Å². The SMILES string of the molecule is O=C=C1CCN(c2ccc(C(=O)N[C@H]3CCC(=C=O)NC3=C=O)c(F)c2)CC1. The summed E-state index contributed by atoms with van der Waals surface area (Å²) in [5, 5.41) is 5.17. The van der Waals surface area contributed by atoms with Crippen molar-refractivity contribution in [2.45, 2.75) is 31.7 Å². The van der Waals surface area contributed by atoms with Gasteiger partial charge < -0.3 is 15.5 Å². The van der Waals surface area contributed by atoms with Crippen LogP contribution in [0.1, 0.15) is 36.0 Å². The van der Waals surface area contributed by atoms with Gasteiger partial charge in [0.2, 0.25) is 0 Å². The summed E-state index contributed by atoms with van der Waals surface area (Å²) >= 11 is 0. The van der Waals surface area contributed by atoms with E-state index in [2.05, 4.69) is 10.6 Å². The Morgan fingerprint density at radius 3 is 2.46 bits per heavy atom. The molecule has 3 rings (SSSR count). The van der Waals surface area contributed by atoms with Crippen LogP contribution < -0.4 is 15.5 Å². The van der Waals surface area contributed by atoms with Crippen molar-refractivity contribution < 1.29 is 23.6 Å². The van der Waals surface area contributed by atoms with Crippen LogP contribution in [-0.2, 0) is 14.4 Å². The van der Waals surface area contributed by atoms with Gasteiger partial charge in [0.25, 0.3) is 5.91 Å². The number of nitrogens with zero attached hydrogens (tertiary/aromatic N) is 1. The zero-order valence-electron chi connectivity index (χ0n) is 15.0. The molecule has 0 aromatic heterocycles. The van der Waals surface area contributed by atoms with Crippen molar-refractivity contribution in [3.63, 3.8) is 0 Å². The van der Waals surface area contributed by atoms with Crippen LogP contribution in [0.15, 0.2) is 35.2 Å². The molecule has 2 saturated heterocycles. The summed E-state index contributed by atoms with van der Waals surface area (Å²) in [6.07, 6.45) is 1.79. The number of carbonyl (C=O) groups excluding carboxylic acids is 4. The molecule has 2 fully saturated rings. The first kappa shape index (κ1) is 19.3. The van der Waals surface area contributed by atoms with Crippen molar-refractivity contribution in [1.82, 2.24) is 10.6 Å². The van der Waals surface area contributed by atoms with E-state index in [1.807, 2.05) is 10.8 Å². The Morgan fingerprint density at radius 1 is 1.11 bits per heavy atom. The van der Waals surface area contributed by atoms with Gasteiger partial charge in [-0.15, -0.1) is 0 Å². The Morgan fingerprint density at radius 2 is 1.86 bits per heavy atom. The molecule has 28 heavy (non-hydrogen) atoms. The van der Waals surface area contributed by atoms with Gasteiger partial charge in [-0.05, 0) is 37.5 Å². The Balaban J connectivity index is 1.70. The predicted molar refractivity (Wildman–Crippen MR) is 99.1 cm³/mol. The topological polar surface area (TPSA) is 95.6 Å². The van der Waals surface area contributed by atoms with Crippen LogP contribution in [0.3, 0.4) is 0 Å². The van der Waals surface area contributed by atoms with E-state index in [0.29, 0.717) is 44.5 Å². The van der Waals surface area contributed by atoms with Crippen molar-refractivity contribution in [2.24, 2.45) is 0 Å². The summed E-state index contributed by atoms with van der Waals surface area (Å²) in [5.74, 6) is 3.92. The maximum absolute atomic E-state index is 14.5. The average molecular weight is 383 g/mol. The molecule has 0 bridgehead atoms. The molecule has 144 valence electrons. The highest BCUT2D eigenvalue weighted by Gasteiger charge is 2.26. The van der Waals surface area contributed by atoms with E-state index in [4.69, 9.17) is 0 Å². The van der Waals surface area contributed by atoms with Gasteiger partial charge in [0, 0.05) is 30.8 Å². The van der Waals surface area contributed by atoms with Gasteiger partial charge in [0.1, 0.15) is 35.0 Å². The zero-order chi connectivity index (χ0) is 20.1. The molecule has 7 nitrogen and oxygen atoms in total. The summed E-state index contributed by atoms with van der Waals surface area (Å²) in [5.41, 5.74) is 1.44. The lowest BCUT2D eigenvalue weighted by atomic mass is 10.0. The molecular weight excluding hydrogens is 365 g/mol. The van der Waals surface area contributed by atoms with Crippen LogP contribution in [0.25, 0.3) is 0 Å². The van der Waals surface area contributed by atoms with Gasteiger partial charge in [-0.2, -0.15) is 0 Å². The molecule has 2 aliphatic heterocycles. The second-order valence-corrected chi connectivity index (χ2v) is 6.64. The van der Waals surface area contributed by atoms with Gasteiger partial charge in [-0.3, -0.25) is 4.79 Å². The lowest BCUT2D eigenvalue weighted by Gasteiger charge is -2.29. The molecule has 0 radical (unpaired) electrons. The molecule has 0 aliphatic carbocycles. The fourth-order valence-electron chi connectivity index (χ4n) is 3.32. The molecule has 1 amide bonds. The molecule has 1 aromatic rings. The number of benzene rings is 1. The van der Waals surface area contributed by atoms with Crippen LogP contribution in [0.4, 0.5) is 10.1 Å². The van der Waals surface area contributed by atoms with E-state index in [0.717, 1.165) is 5.57 Å². The number of hydrogen-bond acceptors (Lipinski definition) is 6. The molecule has 2 N–H and O–H groups in total. The smallest absolute Gasteiger partial charge is 0.254 e. The van der Waals surface area contributed by atoms with Crippen molar-refractivity contribution in [3.05, 3.63) is 46.5 Å². The molecule has 0 saturated carbocycles. The first-order valence-electron chi connectivity index (χ1n) is 8.90. The number of amides is 1. The number of anilines is 1. The molecule has 1 aromatic carbocycles. The Bertz CT molecular complexity index is 944. The first-order valence-corrected chi connectivity index (χ1v) is 8.90. The van der Waals surface area contributed by atoms with E-state index in [-0.39, 0.29) is 17.0 Å². The number of carbonyl (C=O) groups is 1. The third-order valence-electron chi connectivity index (χ3n) is 4.93. The normalized spacial score (nSPS) is 19.2. The zero-order valence-corrected chi connectivity index (χ0v) is 15.0. The standard InChI is InChI=1S/C20H18FN3O4/c21-17-9-15(24-7-5-13(10-25)6-8-24)2-3-16(17)20(28)23-18-4-1-14(11-26)22-19(18)12-27/h2-3,9,18,22H,1,4-8H2,(H,23,28)/t18-/m0/s1. The summed E-state index contributed by atoms with van der Waals surface area (Å²) in [6, 6.07) is 3.64. The largest absolute Gasteiger partial charge is 0.371 e. The maximum atomic E-state index is 14.5. The molecule has 8 heteroatoms. The van der Waals surface area contributed by atoms with E-state index in [9.17, 15) is 23.6 Å². The number of rotatable bonds is 3. The fourth-order valence-corrected chi connectivity index (χ4v) is 3.32. The minimum Gasteiger partial charge on any atom is -0.371 e. The van der Waals surface area contributed by atoms with Crippen LogP contribution in [0.5, 0.6) is 0 Å². The van der Waals surface area contributed by atoms with E-state index < -0.39 is 17.8 Å². The first-order chi connectivity index (χ1) is 13.5. The lowest BCUT2D eigenvalue weighted by molar-refractivity contribution is 0.0935. The highest BCUT2D eigenvalue weighted by atomic mass is 19.1. The summed E-state index contributed by atoms with van der Waals surface area (Å²) in [4.78, 5) is 46.8. The number of piperidine rings is 2. The van der Waals surface area contributed by atoms with Crippen molar-refractivity contribution in [3.8, 4) is 0 Å². The Kier molecular flexibility index (Phi) is 5.87. The van der Waals surface area contributed by atoms with E-state index >= 15 is 0 Å². The summed E-state index contributed by atoms with van der Waals surface area (Å²) in [6.45, 7) is 1.17. The van der Waals surface area contributed by atoms with Gasteiger partial charge in [0.05, 0.1) is 11.6 Å². The van der Waals surface area contributed by atoms with E-state index in [1.54, 1.807) is 17.9 Å². The minimum atomic E-state index is -0.683. The second-order valence-electron chi connectivity index (χ2n) is 6.64. The van der Waals surface area contributed by atoms with Crippen LogP contribution in [0, 0.1) is 5.82 Å². The van der Waals surface area contributed by atoms with Crippen molar-refractivity contribution in [1.29, 1.82) is 0 Å². The monoisotopic (exact) mass is 383 g/mol. The Labute approximate surface area is 160 Å². The number of nitrogens with one attached hydrogen (secondary N) is 2. The maximum Gasteiger partial charge on any atom is 0.254 e. The Hall–Kier alpha value is -3.43. The molecule has 2 aliphatic rings. The highest BCUT2D eigenvalue weighted by Crippen LogP contribution is 2.24. The lowest BCUT2D eigenvalue weighted by Crippen LogP contribution is -2.43. The molecule has 2 heterocycles.